The van der Waals surface area contributed by atoms with Gasteiger partial charge in [-0.2, -0.15) is 5.26 Å². The number of rotatable bonds is 4. The number of hydrogen-bond acceptors (Lipinski definition) is 7. The van der Waals surface area contributed by atoms with Crippen molar-refractivity contribution >= 4 is 27.5 Å². The number of piperazine rings is 1. The highest BCUT2D eigenvalue weighted by Gasteiger charge is 2.34. The zero-order valence-corrected chi connectivity index (χ0v) is 18.2. The molecule has 1 amide bonds. The van der Waals surface area contributed by atoms with Gasteiger partial charge in [0.1, 0.15) is 11.1 Å². The van der Waals surface area contributed by atoms with Crippen LogP contribution in [0.15, 0.2) is 5.03 Å². The van der Waals surface area contributed by atoms with Crippen LogP contribution in [0.5, 0.6) is 0 Å². The highest BCUT2D eigenvalue weighted by atomic mass is 32.2. The fourth-order valence-corrected chi connectivity index (χ4v) is 6.52. The molecule has 2 aliphatic rings. The predicted molar refractivity (Wildman–Crippen MR) is 109 cm³/mol. The van der Waals surface area contributed by atoms with Gasteiger partial charge in [0.2, 0.25) is 5.91 Å². The van der Waals surface area contributed by atoms with Crippen molar-refractivity contribution in [3.8, 4) is 6.07 Å². The first-order valence-electron chi connectivity index (χ1n) is 9.45. The molecule has 1 unspecified atom stereocenters. The molecule has 0 aromatic carbocycles. The molecule has 0 spiro atoms. The number of sulfone groups is 1. The van der Waals surface area contributed by atoms with E-state index >= 15 is 0 Å². The van der Waals surface area contributed by atoms with Gasteiger partial charge >= 0.3 is 0 Å². The van der Waals surface area contributed by atoms with Crippen molar-refractivity contribution in [1.82, 2.24) is 14.8 Å². The number of aryl methyl sites for hydroxylation is 1. The molecule has 2 saturated heterocycles. The van der Waals surface area contributed by atoms with Gasteiger partial charge in [0.25, 0.3) is 0 Å². The Labute approximate surface area is 171 Å². The molecule has 1 aromatic heterocycles. The number of amides is 1. The fraction of sp³-hybridized carbons (Fsp3) is 0.632. The summed E-state index contributed by atoms with van der Waals surface area (Å²) in [5.41, 5.74) is 3.36. The number of carbonyl (C=O) groups excluding carboxylic acids is 1. The van der Waals surface area contributed by atoms with Crippen molar-refractivity contribution in [2.45, 2.75) is 38.3 Å². The van der Waals surface area contributed by atoms with Crippen molar-refractivity contribution in [1.29, 1.82) is 5.26 Å². The first-order valence-corrected chi connectivity index (χ1v) is 12.3. The lowest BCUT2D eigenvalue weighted by Crippen LogP contribution is -2.52. The summed E-state index contributed by atoms with van der Waals surface area (Å²) >= 11 is 1.32. The largest absolute Gasteiger partial charge is 0.339 e. The van der Waals surface area contributed by atoms with Crippen LogP contribution in [0.4, 0.5) is 0 Å². The summed E-state index contributed by atoms with van der Waals surface area (Å²) in [5.74, 6) is 0.801. The van der Waals surface area contributed by atoms with Crippen molar-refractivity contribution < 1.29 is 13.2 Å². The summed E-state index contributed by atoms with van der Waals surface area (Å²) in [5, 5.41) is 10.1. The lowest BCUT2D eigenvalue weighted by Gasteiger charge is -2.37. The maximum Gasteiger partial charge on any atom is 0.233 e. The Bertz CT molecular complexity index is 916. The maximum absolute atomic E-state index is 12.6. The van der Waals surface area contributed by atoms with E-state index in [4.69, 9.17) is 0 Å². The molecule has 1 aromatic rings. The molecule has 2 aliphatic heterocycles. The van der Waals surface area contributed by atoms with Crippen LogP contribution in [0.3, 0.4) is 0 Å². The minimum atomic E-state index is -2.89. The minimum Gasteiger partial charge on any atom is -0.339 e. The van der Waals surface area contributed by atoms with E-state index in [-0.39, 0.29) is 29.2 Å². The van der Waals surface area contributed by atoms with Crippen LogP contribution in [0, 0.1) is 32.1 Å². The zero-order chi connectivity index (χ0) is 20.5. The van der Waals surface area contributed by atoms with E-state index in [0.717, 1.165) is 16.8 Å². The molecular formula is C19H26N4O3S2. The van der Waals surface area contributed by atoms with Gasteiger partial charge in [-0.15, -0.1) is 0 Å². The quantitative estimate of drug-likeness (QED) is 0.675. The summed E-state index contributed by atoms with van der Waals surface area (Å²) in [7, 11) is -2.89. The Hall–Kier alpha value is -1.63. The molecule has 0 N–H and O–H groups in total. The van der Waals surface area contributed by atoms with Gasteiger partial charge in [-0.3, -0.25) is 9.69 Å². The molecule has 152 valence electrons. The third-order valence-electron chi connectivity index (χ3n) is 5.80. The number of hydrogen-bond donors (Lipinski definition) is 0. The Balaban J connectivity index is 1.55. The monoisotopic (exact) mass is 422 g/mol. The lowest BCUT2D eigenvalue weighted by atomic mass is 10.1. The number of thioether (sulfide) groups is 1. The molecule has 0 bridgehead atoms. The summed E-state index contributed by atoms with van der Waals surface area (Å²) in [6.07, 6.45) is 0.695. The van der Waals surface area contributed by atoms with Gasteiger partial charge in [-0.1, -0.05) is 11.8 Å². The van der Waals surface area contributed by atoms with Gasteiger partial charge in [0.05, 0.1) is 22.8 Å². The van der Waals surface area contributed by atoms with E-state index in [2.05, 4.69) is 16.0 Å². The van der Waals surface area contributed by atoms with Crippen LogP contribution in [0.25, 0.3) is 0 Å². The number of carbonyl (C=O) groups is 1. The van der Waals surface area contributed by atoms with Crippen LogP contribution in [0.2, 0.25) is 0 Å². The van der Waals surface area contributed by atoms with Gasteiger partial charge < -0.3 is 4.90 Å². The SMILES string of the molecule is Cc1nc(SCC(=O)N2CCN(C3CCS(=O)(=O)C3)CC2)c(C#N)c(C)c1C. The molecule has 0 aliphatic carbocycles. The van der Waals surface area contributed by atoms with Gasteiger partial charge in [-0.25, -0.2) is 13.4 Å². The molecule has 28 heavy (non-hydrogen) atoms. The van der Waals surface area contributed by atoms with Gasteiger partial charge in [0, 0.05) is 37.9 Å². The topological polar surface area (TPSA) is 94.4 Å². The van der Waals surface area contributed by atoms with Crippen LogP contribution < -0.4 is 0 Å². The second-order valence-corrected chi connectivity index (χ2v) is 10.7. The molecule has 2 fully saturated rings. The predicted octanol–water partition coefficient (Wildman–Crippen LogP) is 1.30. The summed E-state index contributed by atoms with van der Waals surface area (Å²) in [6.45, 7) is 8.42. The standard InChI is InChI=1S/C19H26N4O3S2/c1-13-14(2)17(10-20)19(21-15(13)3)27-11-18(24)23-7-5-22(6-8-23)16-4-9-28(25,26)12-16/h16H,4-9,11-12H2,1-3H3. The molecule has 1 atom stereocenters. The Morgan fingerprint density at radius 2 is 1.89 bits per heavy atom. The maximum atomic E-state index is 12.6. The van der Waals surface area contributed by atoms with Crippen molar-refractivity contribution in [3.63, 3.8) is 0 Å². The molecule has 0 saturated carbocycles. The van der Waals surface area contributed by atoms with E-state index in [1.807, 2.05) is 25.7 Å². The van der Waals surface area contributed by atoms with Crippen molar-refractivity contribution in [3.05, 3.63) is 22.4 Å². The summed E-state index contributed by atoms with van der Waals surface area (Å²) in [4.78, 5) is 21.1. The van der Waals surface area contributed by atoms with Crippen LogP contribution >= 0.6 is 11.8 Å². The second-order valence-electron chi connectivity index (χ2n) is 7.50. The number of aromatic nitrogens is 1. The van der Waals surface area contributed by atoms with Gasteiger partial charge in [0.15, 0.2) is 9.84 Å². The minimum absolute atomic E-state index is 0.0327. The molecule has 7 nitrogen and oxygen atoms in total. The normalized spacial score (nSPS) is 22.2. The lowest BCUT2D eigenvalue weighted by molar-refractivity contribution is -0.130. The zero-order valence-electron chi connectivity index (χ0n) is 16.6. The van der Waals surface area contributed by atoms with Gasteiger partial charge in [-0.05, 0) is 38.3 Å². The first-order chi connectivity index (χ1) is 13.2. The van der Waals surface area contributed by atoms with E-state index in [1.165, 1.54) is 11.8 Å². The third kappa shape index (κ3) is 4.50. The summed E-state index contributed by atoms with van der Waals surface area (Å²) in [6, 6.07) is 2.31. The van der Waals surface area contributed by atoms with Crippen molar-refractivity contribution in [2.75, 3.05) is 43.4 Å². The Morgan fingerprint density at radius 1 is 1.21 bits per heavy atom. The smallest absolute Gasteiger partial charge is 0.233 e. The highest BCUT2D eigenvalue weighted by Crippen LogP contribution is 2.27. The van der Waals surface area contributed by atoms with Crippen molar-refractivity contribution in [2.24, 2.45) is 0 Å². The number of nitriles is 1. The van der Waals surface area contributed by atoms with E-state index < -0.39 is 9.84 Å². The Morgan fingerprint density at radius 3 is 2.46 bits per heavy atom. The highest BCUT2D eigenvalue weighted by molar-refractivity contribution is 8.00. The Kier molecular flexibility index (Phi) is 6.32. The van der Waals surface area contributed by atoms with Crippen LogP contribution in [0.1, 0.15) is 28.8 Å². The fourth-order valence-electron chi connectivity index (χ4n) is 3.77. The first kappa shape index (κ1) is 21.1. The molecule has 3 rings (SSSR count). The van der Waals surface area contributed by atoms with E-state index in [0.29, 0.717) is 43.2 Å². The van der Waals surface area contributed by atoms with E-state index in [9.17, 15) is 18.5 Å². The molecule has 0 radical (unpaired) electrons. The summed E-state index contributed by atoms with van der Waals surface area (Å²) < 4.78 is 23.3. The number of nitrogens with zero attached hydrogens (tertiary/aromatic N) is 4. The average Bonchev–Trinajstić information content (AvgIpc) is 3.04. The van der Waals surface area contributed by atoms with Crippen LogP contribution in [-0.4, -0.2) is 78.6 Å². The molecule has 3 heterocycles. The second kappa shape index (κ2) is 8.39. The number of pyridine rings is 1. The third-order valence-corrected chi connectivity index (χ3v) is 8.51. The average molecular weight is 423 g/mol. The molecule has 9 heteroatoms. The van der Waals surface area contributed by atoms with Crippen LogP contribution in [-0.2, 0) is 14.6 Å². The molecular weight excluding hydrogens is 396 g/mol. The van der Waals surface area contributed by atoms with E-state index in [1.54, 1.807) is 0 Å².